The topological polar surface area (TPSA) is 129 Å². The van der Waals surface area contributed by atoms with Gasteiger partial charge in [0.05, 0.1) is 24.1 Å². The van der Waals surface area contributed by atoms with Crippen LogP contribution in [-0.4, -0.2) is 17.8 Å². The first-order valence-electron chi connectivity index (χ1n) is 8.41. The summed E-state index contributed by atoms with van der Waals surface area (Å²) in [6.45, 7) is 0. The lowest BCUT2D eigenvalue weighted by Crippen LogP contribution is -2.07. The summed E-state index contributed by atoms with van der Waals surface area (Å²) < 4.78 is 0. The average Bonchev–Trinajstić information content (AvgIpc) is 2.77. The van der Waals surface area contributed by atoms with Crippen LogP contribution >= 0.6 is 0 Å². The van der Waals surface area contributed by atoms with Gasteiger partial charge in [-0.15, -0.1) is 0 Å². The first kappa shape index (κ1) is 22.0. The fraction of sp³-hybridized carbons (Fsp3) is 0.182. The van der Waals surface area contributed by atoms with Crippen molar-refractivity contribution in [1.82, 2.24) is 0 Å². The van der Waals surface area contributed by atoms with E-state index in [4.69, 9.17) is 21.2 Å². The van der Waals surface area contributed by atoms with Crippen LogP contribution in [-0.2, 0) is 0 Å². The molecule has 6 nitrogen and oxygen atoms in total. The van der Waals surface area contributed by atoms with Gasteiger partial charge in [-0.05, 0) is 0 Å². The first-order chi connectivity index (χ1) is 13.5. The molecule has 138 valence electrons. The van der Waals surface area contributed by atoms with E-state index in [2.05, 4.69) is 0 Å². The summed E-state index contributed by atoms with van der Waals surface area (Å²) in [4.78, 5) is 23.0. The van der Waals surface area contributed by atoms with Crippen molar-refractivity contribution < 1.29 is 9.59 Å². The second-order valence-electron chi connectivity index (χ2n) is 5.70. The van der Waals surface area contributed by atoms with E-state index >= 15 is 0 Å². The third kappa shape index (κ3) is 7.44. The molecule has 2 aromatic rings. The van der Waals surface area contributed by atoms with E-state index in [9.17, 15) is 9.59 Å². The van der Waals surface area contributed by atoms with E-state index in [-0.39, 0.29) is 24.4 Å². The Kier molecular flexibility index (Phi) is 9.65. The van der Waals surface area contributed by atoms with Crippen molar-refractivity contribution in [2.24, 2.45) is 11.8 Å². The molecule has 0 aromatic heterocycles. The first-order valence-corrected chi connectivity index (χ1v) is 8.41. The number of carbonyl (C=O) groups is 2. The van der Waals surface area contributed by atoms with Gasteiger partial charge in [0, 0.05) is 30.2 Å². The van der Waals surface area contributed by atoms with Crippen LogP contribution in [0.3, 0.4) is 0 Å². The molecule has 0 aliphatic heterocycles. The highest BCUT2D eigenvalue weighted by Gasteiger charge is 2.13. The molecule has 28 heavy (non-hydrogen) atoms. The minimum atomic E-state index is -0.845. The van der Waals surface area contributed by atoms with Gasteiger partial charge in [0.1, 0.15) is 5.92 Å². The number of benzene rings is 2. The van der Waals surface area contributed by atoms with E-state index in [1.807, 2.05) is 18.2 Å². The summed E-state index contributed by atoms with van der Waals surface area (Å²) in [6.07, 6.45) is 1.06. The largest absolute Gasteiger partial charge is 0.312 e. The lowest BCUT2D eigenvalue weighted by molar-refractivity contribution is 0.0969. The third-order valence-corrected chi connectivity index (χ3v) is 3.67. The Balaban J connectivity index is 0.000000280. The second-order valence-corrected chi connectivity index (χ2v) is 5.70. The molecular weight excluding hydrogens is 352 g/mol. The van der Waals surface area contributed by atoms with Gasteiger partial charge < -0.3 is 5.41 Å². The molecule has 0 radical (unpaired) electrons. The molecule has 6 heteroatoms. The van der Waals surface area contributed by atoms with Crippen LogP contribution in [0.5, 0.6) is 0 Å². The Morgan fingerprint density at radius 3 is 1.57 bits per heavy atom. The molecule has 1 N–H and O–H groups in total. The maximum atomic E-state index is 11.5. The summed E-state index contributed by atoms with van der Waals surface area (Å²) in [6, 6.07) is 22.9. The molecule has 0 heterocycles. The SMILES string of the molecule is N#CC(C#N)CC(=O)c1ccccc1.N#CC(C=N)CC(=O)c1ccccc1. The predicted octanol–water partition coefficient (Wildman–Crippen LogP) is 3.97. The van der Waals surface area contributed by atoms with Gasteiger partial charge in [-0.1, -0.05) is 60.7 Å². The summed E-state index contributed by atoms with van der Waals surface area (Å²) >= 11 is 0. The van der Waals surface area contributed by atoms with Crippen LogP contribution in [0.25, 0.3) is 0 Å². The van der Waals surface area contributed by atoms with Gasteiger partial charge in [-0.2, -0.15) is 15.8 Å². The zero-order valence-corrected chi connectivity index (χ0v) is 15.1. The van der Waals surface area contributed by atoms with E-state index < -0.39 is 11.8 Å². The van der Waals surface area contributed by atoms with Gasteiger partial charge in [0.2, 0.25) is 0 Å². The number of nitriles is 3. The number of Topliss-reactive ketones (excluding diaryl/α,β-unsaturated/α-hetero) is 2. The van der Waals surface area contributed by atoms with Crippen LogP contribution in [0.2, 0.25) is 0 Å². The Hall–Kier alpha value is -4.08. The van der Waals surface area contributed by atoms with E-state index in [0.717, 1.165) is 6.21 Å². The predicted molar refractivity (Wildman–Crippen MR) is 103 cm³/mol. The Labute approximate surface area is 163 Å². The molecule has 1 atom stereocenters. The van der Waals surface area contributed by atoms with Crippen molar-refractivity contribution >= 4 is 17.8 Å². The highest BCUT2D eigenvalue weighted by Crippen LogP contribution is 2.09. The third-order valence-electron chi connectivity index (χ3n) is 3.67. The van der Waals surface area contributed by atoms with Crippen LogP contribution < -0.4 is 0 Å². The number of rotatable bonds is 7. The summed E-state index contributed by atoms with van der Waals surface area (Å²) in [7, 11) is 0. The lowest BCUT2D eigenvalue weighted by Gasteiger charge is -2.01. The Morgan fingerprint density at radius 2 is 1.21 bits per heavy atom. The lowest BCUT2D eigenvalue weighted by atomic mass is 10.0. The van der Waals surface area contributed by atoms with Crippen molar-refractivity contribution in [3.05, 3.63) is 71.8 Å². The summed E-state index contributed by atoms with van der Waals surface area (Å²) in [5.74, 6) is -1.72. The smallest absolute Gasteiger partial charge is 0.165 e. The van der Waals surface area contributed by atoms with Crippen LogP contribution in [0.1, 0.15) is 33.6 Å². The van der Waals surface area contributed by atoms with Crippen LogP contribution in [0.15, 0.2) is 60.7 Å². The van der Waals surface area contributed by atoms with Crippen molar-refractivity contribution in [1.29, 1.82) is 21.2 Å². The highest BCUT2D eigenvalue weighted by molar-refractivity contribution is 5.97. The zero-order chi connectivity index (χ0) is 20.8. The van der Waals surface area contributed by atoms with Gasteiger partial charge in [0.15, 0.2) is 11.6 Å². The second kappa shape index (κ2) is 12.3. The molecule has 0 amide bonds. The van der Waals surface area contributed by atoms with E-state index in [0.29, 0.717) is 11.1 Å². The van der Waals surface area contributed by atoms with Crippen molar-refractivity contribution in [3.8, 4) is 18.2 Å². The standard InChI is InChI=1S/C11H10N2O.C11H8N2O/c2*12-7-9(8-13)6-11(14)10-4-2-1-3-5-10/h1-5,7,9,12H,6H2;1-5,9H,6H2. The molecule has 1 unspecified atom stereocenters. The van der Waals surface area contributed by atoms with Crippen molar-refractivity contribution in [2.45, 2.75) is 12.8 Å². The maximum Gasteiger partial charge on any atom is 0.165 e. The van der Waals surface area contributed by atoms with Gasteiger partial charge in [-0.3, -0.25) is 9.59 Å². The highest BCUT2D eigenvalue weighted by atomic mass is 16.1. The normalized spacial score (nSPS) is 10.2. The number of carbonyl (C=O) groups excluding carboxylic acids is 2. The van der Waals surface area contributed by atoms with Gasteiger partial charge in [-0.25, -0.2) is 0 Å². The van der Waals surface area contributed by atoms with Crippen molar-refractivity contribution in [3.63, 3.8) is 0 Å². The molecule has 0 saturated heterocycles. The Morgan fingerprint density at radius 1 is 0.786 bits per heavy atom. The van der Waals surface area contributed by atoms with Crippen molar-refractivity contribution in [2.75, 3.05) is 0 Å². The molecular formula is C22H18N4O2. The number of hydrogen-bond acceptors (Lipinski definition) is 6. The monoisotopic (exact) mass is 370 g/mol. The number of ketones is 2. The average molecular weight is 370 g/mol. The fourth-order valence-electron chi connectivity index (χ4n) is 2.13. The Bertz CT molecular complexity index is 905. The molecule has 0 bridgehead atoms. The van der Waals surface area contributed by atoms with Gasteiger partial charge in [0.25, 0.3) is 0 Å². The number of nitrogens with one attached hydrogen (secondary N) is 1. The van der Waals surface area contributed by atoms with E-state index in [1.54, 1.807) is 60.7 Å². The molecule has 0 spiro atoms. The summed E-state index contributed by atoms with van der Waals surface area (Å²) in [5, 5.41) is 32.5. The summed E-state index contributed by atoms with van der Waals surface area (Å²) in [5.41, 5.74) is 1.14. The molecule has 0 aliphatic rings. The molecule has 2 rings (SSSR count). The van der Waals surface area contributed by atoms with Gasteiger partial charge >= 0.3 is 0 Å². The van der Waals surface area contributed by atoms with Crippen LogP contribution in [0, 0.1) is 51.2 Å². The quantitative estimate of drug-likeness (QED) is 0.582. The molecule has 2 aromatic carbocycles. The number of nitrogens with zero attached hydrogens (tertiary/aromatic N) is 3. The fourth-order valence-corrected chi connectivity index (χ4v) is 2.13. The minimum Gasteiger partial charge on any atom is -0.312 e. The minimum absolute atomic E-state index is 0.0307. The maximum absolute atomic E-state index is 11.5. The molecule has 0 aliphatic carbocycles. The van der Waals surface area contributed by atoms with E-state index in [1.165, 1.54) is 0 Å². The molecule has 0 fully saturated rings. The molecule has 0 saturated carbocycles. The number of hydrogen-bond donors (Lipinski definition) is 1. The zero-order valence-electron chi connectivity index (χ0n) is 15.1. The van der Waals surface area contributed by atoms with Crippen LogP contribution in [0.4, 0.5) is 0 Å².